The Morgan fingerprint density at radius 2 is 1.93 bits per heavy atom. The zero-order chi connectivity index (χ0) is 11.9. The Morgan fingerprint density at radius 3 is 2.40 bits per heavy atom. The largest absolute Gasteiger partial charge is 0.481 e. The Labute approximate surface area is 88.7 Å². The molecule has 0 aliphatic rings. The first kappa shape index (κ1) is 13.7. The number of urea groups is 1. The molecule has 0 bridgehead atoms. The number of carboxylic acid groups (broad SMARTS) is 1. The Balaban J connectivity index is 3.82. The van der Waals surface area contributed by atoms with Gasteiger partial charge in [0.25, 0.3) is 0 Å². The lowest BCUT2D eigenvalue weighted by Crippen LogP contribution is -2.45. The number of aliphatic carboxylic acids is 1. The molecule has 0 aromatic carbocycles. The van der Waals surface area contributed by atoms with E-state index in [1.54, 1.807) is 0 Å². The van der Waals surface area contributed by atoms with Crippen LogP contribution in [0.25, 0.3) is 0 Å². The molecule has 4 N–H and O–H groups in total. The van der Waals surface area contributed by atoms with Gasteiger partial charge in [-0.3, -0.25) is 4.79 Å². The number of rotatable bonds is 6. The molecule has 6 nitrogen and oxygen atoms in total. The molecular formula is C9H18N2O4. The summed E-state index contributed by atoms with van der Waals surface area (Å²) in [6, 6.07) is -0.400. The monoisotopic (exact) mass is 218 g/mol. The highest BCUT2D eigenvalue weighted by Gasteiger charge is 2.24. The van der Waals surface area contributed by atoms with Gasteiger partial charge in [-0.15, -0.1) is 0 Å². The maximum Gasteiger partial charge on any atom is 0.314 e. The smallest absolute Gasteiger partial charge is 0.314 e. The third kappa shape index (κ3) is 7.75. The molecule has 0 aromatic heterocycles. The van der Waals surface area contributed by atoms with Crippen LogP contribution in [0.2, 0.25) is 0 Å². The first-order chi connectivity index (χ1) is 6.87. The Hall–Kier alpha value is -1.30. The molecule has 0 radical (unpaired) electrons. The first-order valence-corrected chi connectivity index (χ1v) is 4.83. The van der Waals surface area contributed by atoms with Crippen molar-refractivity contribution in [2.75, 3.05) is 13.1 Å². The standard InChI is InChI=1S/C9H18N2O4/c1-3-4-10-8(14)11-6-9(2,15)5-7(12)13/h15H,3-6H2,1-2H3,(H,12,13)(H2,10,11,14). The van der Waals surface area contributed by atoms with Gasteiger partial charge in [0.05, 0.1) is 12.0 Å². The second-order valence-corrected chi connectivity index (χ2v) is 3.68. The quantitative estimate of drug-likeness (QED) is 0.501. The lowest BCUT2D eigenvalue weighted by Gasteiger charge is -2.21. The van der Waals surface area contributed by atoms with E-state index in [1.807, 2.05) is 6.92 Å². The fourth-order valence-corrected chi connectivity index (χ4v) is 0.960. The van der Waals surface area contributed by atoms with Gasteiger partial charge in [0.1, 0.15) is 0 Å². The summed E-state index contributed by atoms with van der Waals surface area (Å²) in [6.07, 6.45) is 0.417. The van der Waals surface area contributed by atoms with Gasteiger partial charge in [-0.05, 0) is 13.3 Å². The van der Waals surface area contributed by atoms with Crippen molar-refractivity contribution in [1.29, 1.82) is 0 Å². The van der Waals surface area contributed by atoms with Crippen LogP contribution in [-0.2, 0) is 4.79 Å². The molecule has 0 aliphatic heterocycles. The van der Waals surface area contributed by atoms with E-state index in [4.69, 9.17) is 5.11 Å². The van der Waals surface area contributed by atoms with Crippen LogP contribution in [0, 0.1) is 0 Å². The van der Waals surface area contributed by atoms with Gasteiger partial charge in [0.2, 0.25) is 0 Å². The summed E-state index contributed by atoms with van der Waals surface area (Å²) >= 11 is 0. The number of aliphatic hydroxyl groups is 1. The van der Waals surface area contributed by atoms with E-state index < -0.39 is 24.0 Å². The van der Waals surface area contributed by atoms with E-state index in [0.29, 0.717) is 6.54 Å². The predicted molar refractivity (Wildman–Crippen MR) is 54.6 cm³/mol. The van der Waals surface area contributed by atoms with Crippen molar-refractivity contribution in [3.63, 3.8) is 0 Å². The van der Waals surface area contributed by atoms with E-state index in [9.17, 15) is 14.7 Å². The summed E-state index contributed by atoms with van der Waals surface area (Å²) in [7, 11) is 0. The van der Waals surface area contributed by atoms with Crippen LogP contribution >= 0.6 is 0 Å². The highest BCUT2D eigenvalue weighted by Crippen LogP contribution is 2.06. The Kier molecular flexibility index (Phi) is 5.69. The highest BCUT2D eigenvalue weighted by molar-refractivity contribution is 5.74. The number of carboxylic acids is 1. The lowest BCUT2D eigenvalue weighted by atomic mass is 10.0. The van der Waals surface area contributed by atoms with Crippen LogP contribution in [0.5, 0.6) is 0 Å². The molecular weight excluding hydrogens is 200 g/mol. The minimum atomic E-state index is -1.42. The van der Waals surface area contributed by atoms with Gasteiger partial charge in [-0.25, -0.2) is 4.79 Å². The van der Waals surface area contributed by atoms with Gasteiger partial charge in [0, 0.05) is 13.1 Å². The van der Waals surface area contributed by atoms with Crippen LogP contribution in [0.3, 0.4) is 0 Å². The lowest BCUT2D eigenvalue weighted by molar-refractivity contribution is -0.141. The second-order valence-electron chi connectivity index (χ2n) is 3.68. The van der Waals surface area contributed by atoms with Crippen molar-refractivity contribution >= 4 is 12.0 Å². The minimum Gasteiger partial charge on any atom is -0.481 e. The zero-order valence-corrected chi connectivity index (χ0v) is 9.04. The molecule has 0 fully saturated rings. The number of nitrogens with one attached hydrogen (secondary N) is 2. The Morgan fingerprint density at radius 1 is 1.33 bits per heavy atom. The van der Waals surface area contributed by atoms with Crippen LogP contribution in [0.4, 0.5) is 4.79 Å². The molecule has 1 atom stereocenters. The minimum absolute atomic E-state index is 0.0884. The number of amides is 2. The average Bonchev–Trinajstić information content (AvgIpc) is 2.09. The van der Waals surface area contributed by atoms with Crippen LogP contribution in [-0.4, -0.2) is 40.9 Å². The van der Waals surface area contributed by atoms with E-state index >= 15 is 0 Å². The topological polar surface area (TPSA) is 98.7 Å². The van der Waals surface area contributed by atoms with E-state index in [1.165, 1.54) is 6.92 Å². The maximum atomic E-state index is 11.1. The van der Waals surface area contributed by atoms with Crippen LogP contribution in [0.1, 0.15) is 26.7 Å². The Bertz CT molecular complexity index is 228. The molecule has 6 heteroatoms. The number of carbonyl (C=O) groups excluding carboxylic acids is 1. The maximum absolute atomic E-state index is 11.1. The molecule has 0 saturated carbocycles. The summed E-state index contributed by atoms with van der Waals surface area (Å²) in [5.41, 5.74) is -1.42. The van der Waals surface area contributed by atoms with Gasteiger partial charge >= 0.3 is 12.0 Å². The van der Waals surface area contributed by atoms with Crippen molar-refractivity contribution in [2.45, 2.75) is 32.3 Å². The van der Waals surface area contributed by atoms with Gasteiger partial charge in [-0.1, -0.05) is 6.92 Å². The van der Waals surface area contributed by atoms with Crippen LogP contribution < -0.4 is 10.6 Å². The molecule has 0 aromatic rings. The van der Waals surface area contributed by atoms with Gasteiger partial charge in [0.15, 0.2) is 0 Å². The molecule has 0 rings (SSSR count). The molecule has 1 unspecified atom stereocenters. The summed E-state index contributed by atoms with van der Waals surface area (Å²) in [5.74, 6) is -1.10. The number of hydrogen-bond donors (Lipinski definition) is 4. The third-order valence-corrected chi connectivity index (χ3v) is 1.70. The molecule has 88 valence electrons. The van der Waals surface area contributed by atoms with E-state index in [-0.39, 0.29) is 6.54 Å². The SMILES string of the molecule is CCCNC(=O)NCC(C)(O)CC(=O)O. The molecule has 15 heavy (non-hydrogen) atoms. The normalized spacial score (nSPS) is 14.1. The van der Waals surface area contributed by atoms with Gasteiger partial charge in [-0.2, -0.15) is 0 Å². The highest BCUT2D eigenvalue weighted by atomic mass is 16.4. The third-order valence-electron chi connectivity index (χ3n) is 1.70. The molecule has 0 aliphatic carbocycles. The zero-order valence-electron chi connectivity index (χ0n) is 9.04. The van der Waals surface area contributed by atoms with E-state index in [0.717, 1.165) is 6.42 Å². The summed E-state index contributed by atoms with van der Waals surface area (Å²) in [5, 5.41) is 23.0. The summed E-state index contributed by atoms with van der Waals surface area (Å²) in [6.45, 7) is 3.74. The van der Waals surface area contributed by atoms with Crippen LogP contribution in [0.15, 0.2) is 0 Å². The second kappa shape index (κ2) is 6.23. The van der Waals surface area contributed by atoms with E-state index in [2.05, 4.69) is 10.6 Å². The van der Waals surface area contributed by atoms with Crippen molar-refractivity contribution in [1.82, 2.24) is 10.6 Å². The number of carbonyl (C=O) groups is 2. The molecule has 0 spiro atoms. The van der Waals surface area contributed by atoms with Gasteiger partial charge < -0.3 is 20.8 Å². The molecule has 0 heterocycles. The van der Waals surface area contributed by atoms with Crippen molar-refractivity contribution in [3.05, 3.63) is 0 Å². The van der Waals surface area contributed by atoms with Crippen molar-refractivity contribution in [3.8, 4) is 0 Å². The molecule has 0 saturated heterocycles. The first-order valence-electron chi connectivity index (χ1n) is 4.83. The fraction of sp³-hybridized carbons (Fsp3) is 0.778. The summed E-state index contributed by atoms with van der Waals surface area (Å²) in [4.78, 5) is 21.4. The molecule has 2 amide bonds. The average molecular weight is 218 g/mol. The summed E-state index contributed by atoms with van der Waals surface area (Å²) < 4.78 is 0. The van der Waals surface area contributed by atoms with Crippen molar-refractivity contribution < 1.29 is 19.8 Å². The number of hydrogen-bond acceptors (Lipinski definition) is 3. The van der Waals surface area contributed by atoms with Crippen molar-refractivity contribution in [2.24, 2.45) is 0 Å². The predicted octanol–water partition coefficient (Wildman–Crippen LogP) is -0.0787. The fourth-order valence-electron chi connectivity index (χ4n) is 0.960.